The average Bonchev–Trinajstić information content (AvgIpc) is 2.34. The second-order valence-electron chi connectivity index (χ2n) is 4.88. The molecular formula is C13H16Cl2N2O2. The van der Waals surface area contributed by atoms with Gasteiger partial charge in [0.15, 0.2) is 0 Å². The SMILES string of the molecule is CC1(NC(=O)Nc2ccc(Cl)c(Cl)c2)CCOCC1. The molecule has 104 valence electrons. The first-order valence-corrected chi connectivity index (χ1v) is 6.86. The smallest absolute Gasteiger partial charge is 0.319 e. The zero-order chi connectivity index (χ0) is 13.9. The minimum Gasteiger partial charge on any atom is -0.381 e. The molecule has 6 heteroatoms. The van der Waals surface area contributed by atoms with E-state index in [1.54, 1.807) is 18.2 Å². The highest BCUT2D eigenvalue weighted by Crippen LogP contribution is 2.25. The van der Waals surface area contributed by atoms with Crippen molar-refractivity contribution in [2.45, 2.75) is 25.3 Å². The molecule has 1 aliphatic heterocycles. The molecular weight excluding hydrogens is 287 g/mol. The van der Waals surface area contributed by atoms with Crippen LogP contribution in [0.15, 0.2) is 18.2 Å². The molecule has 2 rings (SSSR count). The third-order valence-electron chi connectivity index (χ3n) is 3.19. The monoisotopic (exact) mass is 302 g/mol. The molecule has 2 amide bonds. The zero-order valence-corrected chi connectivity index (χ0v) is 12.1. The van der Waals surface area contributed by atoms with E-state index in [2.05, 4.69) is 10.6 Å². The fourth-order valence-electron chi connectivity index (χ4n) is 1.96. The van der Waals surface area contributed by atoms with Gasteiger partial charge in [0, 0.05) is 24.4 Å². The third-order valence-corrected chi connectivity index (χ3v) is 3.93. The lowest BCUT2D eigenvalue weighted by Gasteiger charge is -2.34. The zero-order valence-electron chi connectivity index (χ0n) is 10.6. The van der Waals surface area contributed by atoms with Crippen molar-refractivity contribution in [2.75, 3.05) is 18.5 Å². The number of hydrogen-bond acceptors (Lipinski definition) is 2. The maximum absolute atomic E-state index is 11.9. The molecule has 0 spiro atoms. The number of hydrogen-bond donors (Lipinski definition) is 2. The van der Waals surface area contributed by atoms with Gasteiger partial charge < -0.3 is 15.4 Å². The molecule has 1 aromatic rings. The molecule has 19 heavy (non-hydrogen) atoms. The fraction of sp³-hybridized carbons (Fsp3) is 0.462. The molecule has 1 aromatic carbocycles. The quantitative estimate of drug-likeness (QED) is 0.875. The first-order chi connectivity index (χ1) is 8.98. The van der Waals surface area contributed by atoms with Gasteiger partial charge in [0.05, 0.1) is 10.0 Å². The van der Waals surface area contributed by atoms with Gasteiger partial charge in [0.25, 0.3) is 0 Å². The lowest BCUT2D eigenvalue weighted by atomic mass is 9.93. The van der Waals surface area contributed by atoms with Crippen LogP contribution in [0.1, 0.15) is 19.8 Å². The van der Waals surface area contributed by atoms with Gasteiger partial charge in [-0.2, -0.15) is 0 Å². The van der Waals surface area contributed by atoms with E-state index in [1.807, 2.05) is 6.92 Å². The highest BCUT2D eigenvalue weighted by Gasteiger charge is 2.28. The highest BCUT2D eigenvalue weighted by molar-refractivity contribution is 6.42. The maximum atomic E-state index is 11.9. The molecule has 1 aliphatic rings. The number of carbonyl (C=O) groups excluding carboxylic acids is 1. The van der Waals surface area contributed by atoms with E-state index in [9.17, 15) is 4.79 Å². The average molecular weight is 303 g/mol. The van der Waals surface area contributed by atoms with Crippen LogP contribution in [0.5, 0.6) is 0 Å². The van der Waals surface area contributed by atoms with Gasteiger partial charge in [-0.3, -0.25) is 0 Å². The number of amides is 2. The minimum absolute atomic E-state index is 0.224. The van der Waals surface area contributed by atoms with Gasteiger partial charge in [0.2, 0.25) is 0 Å². The van der Waals surface area contributed by atoms with Crippen LogP contribution >= 0.6 is 23.2 Å². The summed E-state index contributed by atoms with van der Waals surface area (Å²) in [5, 5.41) is 6.60. The number of ether oxygens (including phenoxy) is 1. The Kier molecular flexibility index (Phi) is 4.55. The standard InChI is InChI=1S/C13H16Cl2N2O2/c1-13(4-6-19-7-5-13)17-12(18)16-9-2-3-10(14)11(15)8-9/h2-3,8H,4-7H2,1H3,(H2,16,17,18). The van der Waals surface area contributed by atoms with Gasteiger partial charge >= 0.3 is 6.03 Å². The van der Waals surface area contributed by atoms with Crippen molar-refractivity contribution < 1.29 is 9.53 Å². The summed E-state index contributed by atoms with van der Waals surface area (Å²) in [5.74, 6) is 0. The summed E-state index contributed by atoms with van der Waals surface area (Å²) in [7, 11) is 0. The number of benzene rings is 1. The highest BCUT2D eigenvalue weighted by atomic mass is 35.5. The van der Waals surface area contributed by atoms with E-state index in [4.69, 9.17) is 27.9 Å². The predicted octanol–water partition coefficient (Wildman–Crippen LogP) is 3.68. The van der Waals surface area contributed by atoms with Gasteiger partial charge in [-0.25, -0.2) is 4.79 Å². The molecule has 0 bridgehead atoms. The third kappa shape index (κ3) is 4.00. The Bertz CT molecular complexity index is 474. The topological polar surface area (TPSA) is 50.4 Å². The lowest BCUT2D eigenvalue weighted by Crippen LogP contribution is -2.51. The summed E-state index contributed by atoms with van der Waals surface area (Å²) in [6.45, 7) is 3.36. The second kappa shape index (κ2) is 5.99. The van der Waals surface area contributed by atoms with E-state index in [0.29, 0.717) is 28.9 Å². The predicted molar refractivity (Wildman–Crippen MR) is 77.1 cm³/mol. The largest absolute Gasteiger partial charge is 0.381 e. The van der Waals surface area contributed by atoms with Gasteiger partial charge in [-0.1, -0.05) is 23.2 Å². The molecule has 0 saturated carbocycles. The van der Waals surface area contributed by atoms with Crippen molar-refractivity contribution in [3.8, 4) is 0 Å². The number of rotatable bonds is 2. The Morgan fingerprint density at radius 1 is 1.26 bits per heavy atom. The molecule has 0 aromatic heterocycles. The normalized spacial score (nSPS) is 17.8. The molecule has 2 N–H and O–H groups in total. The second-order valence-corrected chi connectivity index (χ2v) is 5.70. The van der Waals surface area contributed by atoms with E-state index in [0.717, 1.165) is 12.8 Å². The lowest BCUT2D eigenvalue weighted by molar-refractivity contribution is 0.0500. The van der Waals surface area contributed by atoms with Crippen molar-refractivity contribution >= 4 is 34.9 Å². The van der Waals surface area contributed by atoms with E-state index >= 15 is 0 Å². The summed E-state index contributed by atoms with van der Waals surface area (Å²) in [6.07, 6.45) is 1.61. The Morgan fingerprint density at radius 3 is 2.58 bits per heavy atom. The van der Waals surface area contributed by atoms with Crippen LogP contribution in [0.25, 0.3) is 0 Å². The summed E-state index contributed by atoms with van der Waals surface area (Å²) in [4.78, 5) is 11.9. The van der Waals surface area contributed by atoms with Crippen LogP contribution in [0, 0.1) is 0 Å². The number of carbonyl (C=O) groups is 1. The van der Waals surface area contributed by atoms with E-state index in [1.165, 1.54) is 0 Å². The molecule has 1 heterocycles. The number of urea groups is 1. The van der Waals surface area contributed by atoms with Crippen LogP contribution in [-0.2, 0) is 4.74 Å². The molecule has 0 unspecified atom stereocenters. The van der Waals surface area contributed by atoms with Gasteiger partial charge in [-0.05, 0) is 38.0 Å². The van der Waals surface area contributed by atoms with Crippen LogP contribution in [-0.4, -0.2) is 24.8 Å². The number of nitrogens with one attached hydrogen (secondary N) is 2. The Balaban J connectivity index is 1.95. The van der Waals surface area contributed by atoms with Crippen LogP contribution in [0.4, 0.5) is 10.5 Å². The minimum atomic E-state index is -0.247. The van der Waals surface area contributed by atoms with Crippen molar-refractivity contribution in [2.24, 2.45) is 0 Å². The fourth-order valence-corrected chi connectivity index (χ4v) is 2.26. The summed E-state index contributed by atoms with van der Waals surface area (Å²) >= 11 is 11.7. The van der Waals surface area contributed by atoms with Crippen LogP contribution in [0.3, 0.4) is 0 Å². The van der Waals surface area contributed by atoms with Crippen molar-refractivity contribution in [1.82, 2.24) is 5.32 Å². The molecule has 1 saturated heterocycles. The molecule has 1 fully saturated rings. The van der Waals surface area contributed by atoms with Crippen molar-refractivity contribution in [1.29, 1.82) is 0 Å². The number of halogens is 2. The van der Waals surface area contributed by atoms with E-state index in [-0.39, 0.29) is 11.6 Å². The molecule has 0 atom stereocenters. The first-order valence-electron chi connectivity index (χ1n) is 6.10. The molecule has 0 radical (unpaired) electrons. The molecule has 0 aliphatic carbocycles. The van der Waals surface area contributed by atoms with Gasteiger partial charge in [0.1, 0.15) is 0 Å². The van der Waals surface area contributed by atoms with Crippen molar-refractivity contribution in [3.05, 3.63) is 28.2 Å². The van der Waals surface area contributed by atoms with Crippen molar-refractivity contribution in [3.63, 3.8) is 0 Å². The Hall–Kier alpha value is -0.970. The summed E-state index contributed by atoms with van der Waals surface area (Å²) < 4.78 is 5.29. The Morgan fingerprint density at radius 2 is 1.95 bits per heavy atom. The number of anilines is 1. The summed E-state index contributed by atoms with van der Waals surface area (Å²) in [6, 6.07) is 4.73. The van der Waals surface area contributed by atoms with E-state index < -0.39 is 0 Å². The van der Waals surface area contributed by atoms with Crippen LogP contribution < -0.4 is 10.6 Å². The maximum Gasteiger partial charge on any atom is 0.319 e. The Labute approximate surface area is 122 Å². The van der Waals surface area contributed by atoms with Crippen LogP contribution in [0.2, 0.25) is 10.0 Å². The molecule has 4 nitrogen and oxygen atoms in total. The van der Waals surface area contributed by atoms with Gasteiger partial charge in [-0.15, -0.1) is 0 Å². The first kappa shape index (κ1) is 14.4. The summed E-state index contributed by atoms with van der Waals surface area (Å²) in [5.41, 5.74) is 0.390.